The highest BCUT2D eigenvalue weighted by Gasteiger charge is 2.12. The minimum atomic E-state index is -0.687. The Morgan fingerprint density at radius 3 is 2.52 bits per heavy atom. The third-order valence-corrected chi connectivity index (χ3v) is 3.66. The highest BCUT2D eigenvalue weighted by Crippen LogP contribution is 2.21. The first-order valence-electron chi connectivity index (χ1n) is 6.42. The Morgan fingerprint density at radius 1 is 1.13 bits per heavy atom. The second kappa shape index (κ2) is 8.02. The zero-order chi connectivity index (χ0) is 16.8. The van der Waals surface area contributed by atoms with E-state index in [2.05, 4.69) is 33.4 Å². The van der Waals surface area contributed by atoms with Crippen molar-refractivity contribution in [1.82, 2.24) is 10.9 Å². The topological polar surface area (TPSA) is 87.7 Å². The molecule has 0 bridgehead atoms. The molecule has 23 heavy (non-hydrogen) atoms. The van der Waals surface area contributed by atoms with E-state index in [-0.39, 0.29) is 17.9 Å². The summed E-state index contributed by atoms with van der Waals surface area (Å²) in [6.45, 7) is -0.262. The summed E-state index contributed by atoms with van der Waals surface area (Å²) in [7, 11) is 0. The van der Waals surface area contributed by atoms with Gasteiger partial charge in [0.2, 0.25) is 0 Å². The summed E-state index contributed by atoms with van der Waals surface area (Å²) >= 11 is 7.91. The Hall–Kier alpha value is -2.00. The molecule has 2 rings (SSSR count). The minimum Gasteiger partial charge on any atom is -0.507 e. The summed E-state index contributed by atoms with van der Waals surface area (Å²) < 4.78 is 6.32. The largest absolute Gasteiger partial charge is 0.507 e. The van der Waals surface area contributed by atoms with E-state index in [0.717, 1.165) is 3.57 Å². The predicted octanol–water partition coefficient (Wildman–Crippen LogP) is 2.49. The molecule has 0 aliphatic carbocycles. The van der Waals surface area contributed by atoms with E-state index in [9.17, 15) is 14.7 Å². The lowest BCUT2D eigenvalue weighted by molar-refractivity contribution is -0.123. The molecule has 3 N–H and O–H groups in total. The van der Waals surface area contributed by atoms with Gasteiger partial charge in [0, 0.05) is 8.59 Å². The van der Waals surface area contributed by atoms with Crippen molar-refractivity contribution in [2.75, 3.05) is 6.61 Å². The van der Waals surface area contributed by atoms with Crippen LogP contribution in [0.15, 0.2) is 42.5 Å². The molecule has 120 valence electrons. The molecule has 8 heteroatoms. The monoisotopic (exact) mass is 446 g/mol. The number of benzene rings is 2. The van der Waals surface area contributed by atoms with Crippen LogP contribution in [-0.2, 0) is 4.79 Å². The number of halogens is 2. The van der Waals surface area contributed by atoms with E-state index >= 15 is 0 Å². The maximum Gasteiger partial charge on any atom is 0.276 e. The van der Waals surface area contributed by atoms with E-state index in [1.54, 1.807) is 12.1 Å². The summed E-state index contributed by atoms with van der Waals surface area (Å²) in [5.41, 5.74) is 4.32. The number of hydrogen-bond acceptors (Lipinski definition) is 4. The second-order valence-electron chi connectivity index (χ2n) is 4.41. The number of hydrogen-bond donors (Lipinski definition) is 3. The van der Waals surface area contributed by atoms with Gasteiger partial charge in [0.25, 0.3) is 11.8 Å². The van der Waals surface area contributed by atoms with E-state index < -0.39 is 11.8 Å². The fraction of sp³-hybridized carbons (Fsp3) is 0.0667. The van der Waals surface area contributed by atoms with Crippen molar-refractivity contribution in [3.8, 4) is 11.5 Å². The minimum absolute atomic E-state index is 0.0450. The molecule has 0 saturated carbocycles. The Balaban J connectivity index is 1.83. The Bertz CT molecular complexity index is 722. The number of carbonyl (C=O) groups excluding carboxylic acids is 2. The molecule has 0 aliphatic heterocycles. The predicted molar refractivity (Wildman–Crippen MR) is 93.4 cm³/mol. The summed E-state index contributed by atoms with van der Waals surface area (Å²) in [4.78, 5) is 23.5. The first-order chi connectivity index (χ1) is 11.0. The second-order valence-corrected chi connectivity index (χ2v) is 6.09. The summed E-state index contributed by atoms with van der Waals surface area (Å²) in [6, 6.07) is 11.2. The third kappa shape index (κ3) is 5.29. The SMILES string of the molecule is O=C(COc1ccc(I)cc1)NNC(=O)c1cc(Cl)ccc1O. The van der Waals surface area contributed by atoms with Crippen LogP contribution in [0.25, 0.3) is 0 Å². The molecule has 0 atom stereocenters. The van der Waals surface area contributed by atoms with Gasteiger partial charge < -0.3 is 9.84 Å². The molecule has 0 aromatic heterocycles. The Labute approximate surface area is 150 Å². The van der Waals surface area contributed by atoms with Crippen LogP contribution in [-0.4, -0.2) is 23.5 Å². The maximum absolute atomic E-state index is 11.8. The molecular formula is C15H12ClIN2O4. The molecule has 0 radical (unpaired) electrons. The molecule has 0 aliphatic rings. The van der Waals surface area contributed by atoms with Crippen molar-refractivity contribution in [2.45, 2.75) is 0 Å². The number of phenols is 1. The fourth-order valence-electron chi connectivity index (χ4n) is 1.60. The molecular weight excluding hydrogens is 435 g/mol. The van der Waals surface area contributed by atoms with Gasteiger partial charge in [0.15, 0.2) is 6.61 Å². The average molecular weight is 447 g/mol. The Morgan fingerprint density at radius 2 is 1.83 bits per heavy atom. The highest BCUT2D eigenvalue weighted by molar-refractivity contribution is 14.1. The Kier molecular flexibility index (Phi) is 6.05. The smallest absolute Gasteiger partial charge is 0.276 e. The molecule has 2 aromatic rings. The van der Waals surface area contributed by atoms with E-state index in [0.29, 0.717) is 10.8 Å². The van der Waals surface area contributed by atoms with Gasteiger partial charge in [0.1, 0.15) is 11.5 Å². The maximum atomic E-state index is 11.8. The van der Waals surface area contributed by atoms with Crippen LogP contribution in [0.1, 0.15) is 10.4 Å². The number of ether oxygens (including phenoxy) is 1. The zero-order valence-corrected chi connectivity index (χ0v) is 14.6. The van der Waals surface area contributed by atoms with Crippen molar-refractivity contribution in [3.63, 3.8) is 0 Å². The van der Waals surface area contributed by atoms with Gasteiger partial charge in [-0.15, -0.1) is 0 Å². The van der Waals surface area contributed by atoms with E-state index in [1.165, 1.54) is 18.2 Å². The van der Waals surface area contributed by atoms with Crippen LogP contribution in [0.2, 0.25) is 5.02 Å². The first-order valence-corrected chi connectivity index (χ1v) is 7.87. The highest BCUT2D eigenvalue weighted by atomic mass is 127. The zero-order valence-electron chi connectivity index (χ0n) is 11.7. The van der Waals surface area contributed by atoms with Gasteiger partial charge in [0.05, 0.1) is 5.56 Å². The van der Waals surface area contributed by atoms with Crippen molar-refractivity contribution in [1.29, 1.82) is 0 Å². The van der Waals surface area contributed by atoms with Crippen molar-refractivity contribution >= 4 is 46.0 Å². The molecule has 0 heterocycles. The van der Waals surface area contributed by atoms with Crippen LogP contribution in [0.4, 0.5) is 0 Å². The van der Waals surface area contributed by atoms with E-state index in [1.807, 2.05) is 12.1 Å². The molecule has 0 spiro atoms. The van der Waals surface area contributed by atoms with Gasteiger partial charge in [-0.1, -0.05) is 11.6 Å². The van der Waals surface area contributed by atoms with Gasteiger partial charge in [-0.25, -0.2) is 0 Å². The van der Waals surface area contributed by atoms with Crippen molar-refractivity contribution < 1.29 is 19.4 Å². The van der Waals surface area contributed by atoms with Gasteiger partial charge in [-0.05, 0) is 65.1 Å². The molecule has 2 amide bonds. The van der Waals surface area contributed by atoms with Crippen molar-refractivity contribution in [3.05, 3.63) is 56.6 Å². The quantitative estimate of drug-likeness (QED) is 0.497. The standard InChI is InChI=1S/C15H12ClIN2O4/c16-9-1-6-13(20)12(7-9)15(22)19-18-14(21)8-23-11-4-2-10(17)3-5-11/h1-7,20H,8H2,(H,18,21)(H,19,22). The average Bonchev–Trinajstić information content (AvgIpc) is 2.54. The number of carbonyl (C=O) groups is 2. The number of amides is 2. The number of phenolic OH excluding ortho intramolecular Hbond substituents is 1. The van der Waals surface area contributed by atoms with Crippen LogP contribution < -0.4 is 15.6 Å². The lowest BCUT2D eigenvalue weighted by atomic mass is 10.2. The third-order valence-electron chi connectivity index (χ3n) is 2.70. The first kappa shape index (κ1) is 17.4. The van der Waals surface area contributed by atoms with Crippen LogP contribution in [0, 0.1) is 3.57 Å². The van der Waals surface area contributed by atoms with Crippen LogP contribution >= 0.6 is 34.2 Å². The van der Waals surface area contributed by atoms with Gasteiger partial charge >= 0.3 is 0 Å². The number of nitrogens with one attached hydrogen (secondary N) is 2. The lowest BCUT2D eigenvalue weighted by Gasteiger charge is -2.10. The van der Waals surface area contributed by atoms with Crippen LogP contribution in [0.3, 0.4) is 0 Å². The number of aromatic hydroxyl groups is 1. The summed E-state index contributed by atoms with van der Waals surface area (Å²) in [6.07, 6.45) is 0. The molecule has 6 nitrogen and oxygen atoms in total. The summed E-state index contributed by atoms with van der Waals surface area (Å²) in [5, 5.41) is 9.88. The molecule has 0 unspecified atom stereocenters. The number of rotatable bonds is 4. The van der Waals surface area contributed by atoms with Gasteiger partial charge in [-0.2, -0.15) is 0 Å². The fourth-order valence-corrected chi connectivity index (χ4v) is 2.13. The lowest BCUT2D eigenvalue weighted by Crippen LogP contribution is -2.43. The van der Waals surface area contributed by atoms with Gasteiger partial charge in [-0.3, -0.25) is 20.4 Å². The number of hydrazine groups is 1. The summed E-state index contributed by atoms with van der Waals surface area (Å²) in [5.74, 6) is -0.929. The molecule has 0 saturated heterocycles. The van der Waals surface area contributed by atoms with Crippen LogP contribution in [0.5, 0.6) is 11.5 Å². The molecule has 2 aromatic carbocycles. The molecule has 0 fully saturated rings. The van der Waals surface area contributed by atoms with Crippen molar-refractivity contribution in [2.24, 2.45) is 0 Å². The normalized spacial score (nSPS) is 10.0. The van der Waals surface area contributed by atoms with E-state index in [4.69, 9.17) is 16.3 Å².